The molecule has 2 N–H and O–H groups in total. The number of nitrogens with one attached hydrogen (secondary N) is 1. The van der Waals surface area contributed by atoms with Crippen LogP contribution >= 0.6 is 11.8 Å². The van der Waals surface area contributed by atoms with Crippen molar-refractivity contribution in [2.24, 2.45) is 5.92 Å². The molecule has 1 aromatic carbocycles. The summed E-state index contributed by atoms with van der Waals surface area (Å²) in [5.74, 6) is 3.69. The lowest BCUT2D eigenvalue weighted by atomic mass is 9.81. The molecule has 2 atom stereocenters. The zero-order valence-corrected chi connectivity index (χ0v) is 20.6. The molecule has 30 heavy (non-hydrogen) atoms. The molecule has 1 fully saturated rings. The smallest absolute Gasteiger partial charge is 0.129 e. The van der Waals surface area contributed by atoms with Gasteiger partial charge in [-0.15, -0.1) is 11.8 Å². The van der Waals surface area contributed by atoms with E-state index in [9.17, 15) is 0 Å². The van der Waals surface area contributed by atoms with Crippen molar-refractivity contribution in [3.63, 3.8) is 0 Å². The summed E-state index contributed by atoms with van der Waals surface area (Å²) in [4.78, 5) is 1.43. The number of aromatic nitrogens is 2. The SMILES string of the molecule is CC1CCCC(c2cc(Nc3ccc4c(c3)C(C)(C)CS4)n(C(C)(C)C)n2)C1.CO. The lowest BCUT2D eigenvalue weighted by molar-refractivity contribution is 0.325. The molecule has 0 radical (unpaired) electrons. The number of benzene rings is 1. The third kappa shape index (κ3) is 4.88. The summed E-state index contributed by atoms with van der Waals surface area (Å²) in [7, 11) is 1.00. The summed E-state index contributed by atoms with van der Waals surface area (Å²) >= 11 is 1.97. The van der Waals surface area contributed by atoms with Crippen LogP contribution in [0.25, 0.3) is 0 Å². The van der Waals surface area contributed by atoms with Crippen LogP contribution in [0.1, 0.15) is 84.4 Å². The maximum absolute atomic E-state index is 7.00. The van der Waals surface area contributed by atoms with Gasteiger partial charge in [0.25, 0.3) is 0 Å². The molecule has 2 aliphatic rings. The number of aliphatic hydroxyl groups is 1. The molecule has 2 heterocycles. The van der Waals surface area contributed by atoms with Gasteiger partial charge in [0.1, 0.15) is 5.82 Å². The summed E-state index contributed by atoms with van der Waals surface area (Å²) in [6, 6.07) is 9.15. The van der Waals surface area contributed by atoms with E-state index in [1.54, 1.807) is 0 Å². The van der Waals surface area contributed by atoms with Gasteiger partial charge in [-0.3, -0.25) is 0 Å². The molecule has 166 valence electrons. The highest BCUT2D eigenvalue weighted by Crippen LogP contribution is 2.45. The standard InChI is InChI=1S/C24H35N3S.CH4O/c1-16-8-7-9-17(12-16)20-14-22(27(26-20)23(2,3)4)25-18-10-11-21-19(13-18)24(5,6)15-28-21;1-2/h10-11,13-14,16-17,25H,7-9,12,15H2,1-6H3;2H,1H3. The predicted octanol–water partition coefficient (Wildman–Crippen LogP) is 6.67. The number of nitrogens with zero attached hydrogens (tertiary/aromatic N) is 2. The number of anilines is 2. The van der Waals surface area contributed by atoms with Gasteiger partial charge < -0.3 is 10.4 Å². The second-order valence-corrected chi connectivity index (χ2v) is 11.5. The quantitative estimate of drug-likeness (QED) is 0.572. The fourth-order valence-corrected chi connectivity index (χ4v) is 5.98. The zero-order valence-electron chi connectivity index (χ0n) is 19.7. The average Bonchev–Trinajstić information content (AvgIpc) is 3.25. The van der Waals surface area contributed by atoms with Crippen molar-refractivity contribution >= 4 is 23.3 Å². The molecule has 2 aromatic rings. The summed E-state index contributed by atoms with van der Waals surface area (Å²) in [6.07, 6.45) is 5.24. The molecule has 2 unspecified atom stereocenters. The number of fused-ring (bicyclic) bond motifs is 1. The van der Waals surface area contributed by atoms with Gasteiger partial charge >= 0.3 is 0 Å². The number of thioether (sulfide) groups is 1. The fraction of sp³-hybridized carbons (Fsp3) is 0.640. The van der Waals surface area contributed by atoms with Crippen molar-refractivity contribution < 1.29 is 5.11 Å². The maximum Gasteiger partial charge on any atom is 0.129 e. The monoisotopic (exact) mass is 429 g/mol. The van der Waals surface area contributed by atoms with Crippen molar-refractivity contribution in [3.8, 4) is 0 Å². The van der Waals surface area contributed by atoms with Crippen LogP contribution in [0.4, 0.5) is 11.5 Å². The first kappa shape index (κ1) is 23.2. The minimum Gasteiger partial charge on any atom is -0.400 e. The average molecular weight is 430 g/mol. The molecule has 1 aliphatic carbocycles. The van der Waals surface area contributed by atoms with Crippen LogP contribution in [0, 0.1) is 5.92 Å². The Morgan fingerprint density at radius 1 is 1.17 bits per heavy atom. The highest BCUT2D eigenvalue weighted by Gasteiger charge is 2.31. The van der Waals surface area contributed by atoms with Crippen molar-refractivity contribution in [3.05, 3.63) is 35.5 Å². The van der Waals surface area contributed by atoms with Crippen LogP contribution in [0.2, 0.25) is 0 Å². The summed E-state index contributed by atoms with van der Waals surface area (Å²) < 4.78 is 2.19. The predicted molar refractivity (Wildman–Crippen MR) is 129 cm³/mol. The van der Waals surface area contributed by atoms with E-state index in [0.29, 0.717) is 5.92 Å². The van der Waals surface area contributed by atoms with E-state index in [1.165, 1.54) is 47.5 Å². The summed E-state index contributed by atoms with van der Waals surface area (Å²) in [5.41, 5.74) is 4.09. The van der Waals surface area contributed by atoms with Crippen LogP contribution in [0.15, 0.2) is 29.2 Å². The summed E-state index contributed by atoms with van der Waals surface area (Å²) in [6.45, 7) is 13.8. The van der Waals surface area contributed by atoms with Gasteiger partial charge in [-0.1, -0.05) is 33.6 Å². The van der Waals surface area contributed by atoms with E-state index in [0.717, 1.165) is 24.6 Å². The molecule has 4 nitrogen and oxygen atoms in total. The van der Waals surface area contributed by atoms with E-state index >= 15 is 0 Å². The van der Waals surface area contributed by atoms with E-state index in [1.807, 2.05) is 11.8 Å². The molecule has 4 rings (SSSR count). The Balaban J connectivity index is 0.00000124. The molecule has 1 aliphatic heterocycles. The van der Waals surface area contributed by atoms with Gasteiger partial charge in [0.05, 0.1) is 11.2 Å². The van der Waals surface area contributed by atoms with E-state index < -0.39 is 0 Å². The number of aliphatic hydroxyl groups excluding tert-OH is 1. The van der Waals surface area contributed by atoms with Crippen LogP contribution in [0.3, 0.4) is 0 Å². The lowest BCUT2D eigenvalue weighted by Gasteiger charge is -2.26. The molecule has 0 bridgehead atoms. The highest BCUT2D eigenvalue weighted by atomic mass is 32.2. The Morgan fingerprint density at radius 2 is 1.90 bits per heavy atom. The lowest BCUT2D eigenvalue weighted by Crippen LogP contribution is -2.25. The highest BCUT2D eigenvalue weighted by molar-refractivity contribution is 7.99. The first-order valence-electron chi connectivity index (χ1n) is 11.2. The summed E-state index contributed by atoms with van der Waals surface area (Å²) in [5, 5.41) is 15.8. The van der Waals surface area contributed by atoms with Crippen molar-refractivity contribution in [2.45, 2.75) is 89.0 Å². The Bertz CT molecular complexity index is 866. The first-order valence-corrected chi connectivity index (χ1v) is 12.2. The molecule has 1 saturated carbocycles. The largest absolute Gasteiger partial charge is 0.400 e. The van der Waals surface area contributed by atoms with Crippen molar-refractivity contribution in [1.82, 2.24) is 9.78 Å². The first-order chi connectivity index (χ1) is 14.1. The Morgan fingerprint density at radius 3 is 2.57 bits per heavy atom. The Kier molecular flexibility index (Phi) is 6.93. The van der Waals surface area contributed by atoms with Gasteiger partial charge in [0.2, 0.25) is 0 Å². The molecular weight excluding hydrogens is 390 g/mol. The van der Waals surface area contributed by atoms with Gasteiger partial charge in [-0.25, -0.2) is 4.68 Å². The van der Waals surface area contributed by atoms with Crippen LogP contribution < -0.4 is 5.32 Å². The topological polar surface area (TPSA) is 50.1 Å². The van der Waals surface area contributed by atoms with Crippen LogP contribution in [0.5, 0.6) is 0 Å². The molecule has 0 amide bonds. The van der Waals surface area contributed by atoms with E-state index in [4.69, 9.17) is 10.2 Å². The van der Waals surface area contributed by atoms with E-state index in [2.05, 4.69) is 75.8 Å². The minimum atomic E-state index is -0.0489. The minimum absolute atomic E-state index is 0.0489. The zero-order chi connectivity index (χ0) is 22.1. The maximum atomic E-state index is 7.00. The molecule has 0 spiro atoms. The third-order valence-corrected chi connectivity index (χ3v) is 7.82. The molecular formula is C25H39N3OS. The molecule has 5 heteroatoms. The van der Waals surface area contributed by atoms with E-state index in [-0.39, 0.29) is 11.0 Å². The number of rotatable bonds is 3. The normalized spacial score (nSPS) is 22.8. The second kappa shape index (κ2) is 8.96. The number of hydrogen-bond donors (Lipinski definition) is 2. The fourth-order valence-electron chi connectivity index (χ4n) is 4.65. The second-order valence-electron chi connectivity index (χ2n) is 10.5. The van der Waals surface area contributed by atoms with Crippen molar-refractivity contribution in [1.29, 1.82) is 0 Å². The van der Waals surface area contributed by atoms with Gasteiger partial charge in [-0.05, 0) is 63.3 Å². The molecule has 0 saturated heterocycles. The Labute approximate surface area is 186 Å². The van der Waals surface area contributed by atoms with Crippen LogP contribution in [-0.4, -0.2) is 27.7 Å². The van der Waals surface area contributed by atoms with Gasteiger partial charge in [0, 0.05) is 40.8 Å². The van der Waals surface area contributed by atoms with Crippen LogP contribution in [-0.2, 0) is 11.0 Å². The Hall–Kier alpha value is -1.46. The van der Waals surface area contributed by atoms with Gasteiger partial charge in [0.15, 0.2) is 0 Å². The van der Waals surface area contributed by atoms with Gasteiger partial charge in [-0.2, -0.15) is 5.10 Å². The number of hydrogen-bond acceptors (Lipinski definition) is 4. The third-order valence-electron chi connectivity index (χ3n) is 6.29. The van der Waals surface area contributed by atoms with Crippen molar-refractivity contribution in [2.75, 3.05) is 18.2 Å². The molecule has 1 aromatic heterocycles.